The second-order valence-corrected chi connectivity index (χ2v) is 4.46. The van der Waals surface area contributed by atoms with E-state index in [1.54, 1.807) is 0 Å². The number of nitrogens with two attached hydrogens (primary N) is 1. The molecule has 100 valence electrons. The lowest BCUT2D eigenvalue weighted by molar-refractivity contribution is 0.714. The predicted octanol–water partition coefficient (Wildman–Crippen LogP) is 2.00. The van der Waals surface area contributed by atoms with Gasteiger partial charge in [-0.1, -0.05) is 13.3 Å². The molecular weight excluding hydrogens is 226 g/mol. The van der Waals surface area contributed by atoms with Crippen molar-refractivity contribution in [2.24, 2.45) is 5.73 Å². The van der Waals surface area contributed by atoms with E-state index in [1.165, 1.54) is 0 Å². The number of nitrogen functional groups attached to an aromatic ring is 1. The van der Waals surface area contributed by atoms with Crippen LogP contribution in [-0.4, -0.2) is 29.1 Å². The van der Waals surface area contributed by atoms with Crippen LogP contribution in [0.5, 0.6) is 0 Å². The zero-order valence-electron chi connectivity index (χ0n) is 11.7. The molecule has 0 aliphatic heterocycles. The van der Waals surface area contributed by atoms with Gasteiger partial charge >= 0.3 is 0 Å². The number of hydrogen-bond donors (Lipinski definition) is 2. The highest BCUT2D eigenvalue weighted by Gasteiger charge is 2.17. The topological polar surface area (TPSA) is 78.9 Å². The maximum Gasteiger partial charge on any atom is 0.162 e. The molecule has 0 amide bonds. The molecule has 0 saturated heterocycles. The molecule has 5 nitrogen and oxygen atoms in total. The van der Waals surface area contributed by atoms with Gasteiger partial charge in [-0.25, -0.2) is 0 Å². The summed E-state index contributed by atoms with van der Waals surface area (Å²) >= 11 is 0. The number of unbranched alkanes of at least 4 members (excludes halogenated alkanes) is 1. The highest BCUT2D eigenvalue weighted by Crippen LogP contribution is 2.21. The third kappa shape index (κ3) is 2.97. The molecule has 0 aliphatic rings. The molecule has 18 heavy (non-hydrogen) atoms. The Morgan fingerprint density at radius 1 is 1.28 bits per heavy atom. The van der Waals surface area contributed by atoms with E-state index in [2.05, 4.69) is 28.9 Å². The summed E-state index contributed by atoms with van der Waals surface area (Å²) in [6.45, 7) is 9.84. The van der Waals surface area contributed by atoms with Crippen LogP contribution < -0.4 is 10.6 Å². The lowest BCUT2D eigenvalue weighted by atomic mass is 10.1. The Morgan fingerprint density at radius 2 is 1.94 bits per heavy atom. The highest BCUT2D eigenvalue weighted by atomic mass is 15.3. The number of rotatable bonds is 6. The first-order valence-electron chi connectivity index (χ1n) is 6.46. The van der Waals surface area contributed by atoms with Crippen molar-refractivity contribution in [2.75, 3.05) is 18.0 Å². The van der Waals surface area contributed by atoms with Crippen molar-refractivity contribution in [1.82, 2.24) is 10.2 Å². The molecule has 0 aliphatic carbocycles. The molecule has 0 saturated carbocycles. The first-order chi connectivity index (χ1) is 8.52. The van der Waals surface area contributed by atoms with Crippen molar-refractivity contribution in [2.45, 2.75) is 40.5 Å². The van der Waals surface area contributed by atoms with Crippen LogP contribution in [0.2, 0.25) is 0 Å². The maximum atomic E-state index is 7.74. The summed E-state index contributed by atoms with van der Waals surface area (Å²) < 4.78 is 0. The molecule has 0 atom stereocenters. The van der Waals surface area contributed by atoms with Gasteiger partial charge in [0.25, 0.3) is 0 Å². The monoisotopic (exact) mass is 249 g/mol. The molecule has 0 radical (unpaired) electrons. The van der Waals surface area contributed by atoms with E-state index in [0.717, 1.165) is 48.6 Å². The van der Waals surface area contributed by atoms with Crippen LogP contribution in [0.3, 0.4) is 0 Å². The molecule has 1 heterocycles. The van der Waals surface area contributed by atoms with Crippen molar-refractivity contribution in [3.63, 3.8) is 0 Å². The quantitative estimate of drug-likeness (QED) is 0.597. The smallest absolute Gasteiger partial charge is 0.162 e. The van der Waals surface area contributed by atoms with E-state index >= 15 is 0 Å². The van der Waals surface area contributed by atoms with Crippen LogP contribution in [0.25, 0.3) is 0 Å². The van der Waals surface area contributed by atoms with E-state index in [0.29, 0.717) is 0 Å². The Morgan fingerprint density at radius 3 is 2.44 bits per heavy atom. The third-order valence-corrected chi connectivity index (χ3v) is 3.17. The van der Waals surface area contributed by atoms with Crippen LogP contribution in [0.15, 0.2) is 0 Å². The average Bonchev–Trinajstić information content (AvgIpc) is 2.34. The average molecular weight is 249 g/mol. The van der Waals surface area contributed by atoms with E-state index in [-0.39, 0.29) is 5.84 Å². The van der Waals surface area contributed by atoms with Gasteiger partial charge in [-0.05, 0) is 32.8 Å². The van der Waals surface area contributed by atoms with Crippen LogP contribution in [0, 0.1) is 19.3 Å². The van der Waals surface area contributed by atoms with Crippen molar-refractivity contribution in [3.05, 3.63) is 16.8 Å². The number of hydrogen-bond acceptors (Lipinski definition) is 4. The van der Waals surface area contributed by atoms with Gasteiger partial charge in [0.1, 0.15) is 5.84 Å². The van der Waals surface area contributed by atoms with Gasteiger partial charge < -0.3 is 10.6 Å². The molecule has 1 aromatic heterocycles. The van der Waals surface area contributed by atoms with Gasteiger partial charge in [0.15, 0.2) is 5.82 Å². The summed E-state index contributed by atoms with van der Waals surface area (Å²) in [7, 11) is 0. The number of aryl methyl sites for hydroxylation is 1. The van der Waals surface area contributed by atoms with Gasteiger partial charge in [0.2, 0.25) is 0 Å². The zero-order chi connectivity index (χ0) is 13.7. The van der Waals surface area contributed by atoms with Gasteiger partial charge in [-0.15, -0.1) is 5.10 Å². The molecule has 1 rings (SSSR count). The molecule has 3 N–H and O–H groups in total. The number of nitrogens with one attached hydrogen (secondary N) is 1. The lowest BCUT2D eigenvalue weighted by Crippen LogP contribution is -2.29. The van der Waals surface area contributed by atoms with Crippen molar-refractivity contribution in [3.8, 4) is 0 Å². The fraction of sp³-hybridized carbons (Fsp3) is 0.615. The summed E-state index contributed by atoms with van der Waals surface area (Å²) in [4.78, 5) is 2.14. The largest absolute Gasteiger partial charge is 0.384 e. The molecule has 0 unspecified atom stereocenters. The third-order valence-electron chi connectivity index (χ3n) is 3.17. The van der Waals surface area contributed by atoms with Gasteiger partial charge in [-0.3, -0.25) is 5.41 Å². The second kappa shape index (κ2) is 6.33. The molecule has 0 bridgehead atoms. The Labute approximate surface area is 109 Å². The summed E-state index contributed by atoms with van der Waals surface area (Å²) in [5.74, 6) is 0.803. The fourth-order valence-electron chi connectivity index (χ4n) is 1.90. The molecule has 0 fully saturated rings. The predicted molar refractivity (Wildman–Crippen MR) is 75.3 cm³/mol. The van der Waals surface area contributed by atoms with Crippen LogP contribution >= 0.6 is 0 Å². The molecule has 1 aromatic rings. The minimum absolute atomic E-state index is 0.0652. The summed E-state index contributed by atoms with van der Waals surface area (Å²) in [6.07, 6.45) is 2.23. The maximum absolute atomic E-state index is 7.74. The van der Waals surface area contributed by atoms with E-state index in [1.807, 2.05) is 13.8 Å². The van der Waals surface area contributed by atoms with Gasteiger partial charge in [0.05, 0.1) is 11.3 Å². The molecular formula is C13H23N5. The van der Waals surface area contributed by atoms with Crippen LogP contribution in [0.1, 0.15) is 43.5 Å². The Balaban J connectivity index is 3.21. The normalized spacial score (nSPS) is 10.4. The first kappa shape index (κ1) is 14.4. The lowest BCUT2D eigenvalue weighted by Gasteiger charge is -2.24. The Bertz CT molecular complexity index is 428. The van der Waals surface area contributed by atoms with E-state index < -0.39 is 0 Å². The zero-order valence-corrected chi connectivity index (χ0v) is 11.7. The first-order valence-corrected chi connectivity index (χ1v) is 6.46. The summed E-state index contributed by atoms with van der Waals surface area (Å²) in [5, 5.41) is 16.1. The Hall–Kier alpha value is -1.65. The standard InChI is InChI=1S/C13H23N5/c1-5-7-8-18(6-2)13-11(12(14)15)9(3)10(4)16-17-13/h5-8H2,1-4H3,(H3,14,15). The van der Waals surface area contributed by atoms with Crippen LogP contribution in [0.4, 0.5) is 5.82 Å². The number of anilines is 1. The van der Waals surface area contributed by atoms with Crippen molar-refractivity contribution < 1.29 is 0 Å². The number of nitrogens with zero attached hydrogens (tertiary/aromatic N) is 3. The van der Waals surface area contributed by atoms with Gasteiger partial charge in [-0.2, -0.15) is 5.10 Å². The SMILES string of the molecule is CCCCN(CC)c1nnc(C)c(C)c1C(=N)N. The highest BCUT2D eigenvalue weighted by molar-refractivity contribution is 6.01. The number of amidine groups is 1. The molecule has 0 aromatic carbocycles. The number of aromatic nitrogens is 2. The van der Waals surface area contributed by atoms with Crippen LogP contribution in [-0.2, 0) is 0 Å². The minimum atomic E-state index is 0.0652. The van der Waals surface area contributed by atoms with Crippen molar-refractivity contribution >= 4 is 11.7 Å². The Kier molecular flexibility index (Phi) is 5.07. The second-order valence-electron chi connectivity index (χ2n) is 4.46. The minimum Gasteiger partial charge on any atom is -0.384 e. The van der Waals surface area contributed by atoms with E-state index in [9.17, 15) is 0 Å². The summed E-state index contributed by atoms with van der Waals surface area (Å²) in [5.41, 5.74) is 8.19. The summed E-state index contributed by atoms with van der Waals surface area (Å²) in [6, 6.07) is 0. The van der Waals surface area contributed by atoms with Crippen molar-refractivity contribution in [1.29, 1.82) is 5.41 Å². The molecule has 5 heteroatoms. The fourth-order valence-corrected chi connectivity index (χ4v) is 1.90. The molecule has 0 spiro atoms. The van der Waals surface area contributed by atoms with Gasteiger partial charge in [0, 0.05) is 13.1 Å². The van der Waals surface area contributed by atoms with E-state index in [4.69, 9.17) is 11.1 Å².